The van der Waals surface area contributed by atoms with Gasteiger partial charge >= 0.3 is 0 Å². The monoisotopic (exact) mass is 712 g/mol. The van der Waals surface area contributed by atoms with E-state index >= 15 is 0 Å². The van der Waals surface area contributed by atoms with Crippen molar-refractivity contribution in [2.24, 2.45) is 0 Å². The number of aromatic nitrogens is 4. The molecule has 4 heterocycles. The van der Waals surface area contributed by atoms with Crippen LogP contribution in [-0.2, 0) is 0 Å². The topological polar surface area (TPSA) is 43.6 Å². The highest BCUT2D eigenvalue weighted by atomic mass is 32.1. The molecule has 0 fully saturated rings. The Bertz CT molecular complexity index is 3090. The standard InChI is InChI=1S/C47H28N4S2/c1-2-8-35(9-3-1)51-41-25-23-33(29-14-18-31(19-15-29)46-49-38-10-4-6-12-43(38)52-46)26-37(41)45-36-24-22-34(27-40(36)48-28-42(45)51)30-16-20-32(21-17-30)47-50-39-11-5-7-13-44(39)53-47/h1-28H. The van der Waals surface area contributed by atoms with Crippen molar-refractivity contribution in [1.82, 2.24) is 19.5 Å². The number of benzene rings is 7. The van der Waals surface area contributed by atoms with Crippen molar-refractivity contribution in [3.63, 3.8) is 0 Å². The maximum atomic E-state index is 5.07. The smallest absolute Gasteiger partial charge is 0.124 e. The normalized spacial score (nSPS) is 11.8. The lowest BCUT2D eigenvalue weighted by atomic mass is 9.99. The SMILES string of the molecule is c1ccc(-n2c3ccc(-c4ccc(-c5nc6ccccc6s5)cc4)cc3c3c4ccc(-c5ccc(-c6nc7ccccc7s6)cc5)cc4ncc32)cc1. The summed E-state index contributed by atoms with van der Waals surface area (Å²) in [4.78, 5) is 14.8. The van der Waals surface area contributed by atoms with E-state index in [4.69, 9.17) is 15.0 Å². The third-order valence-corrected chi connectivity index (χ3v) is 12.3. The average molecular weight is 713 g/mol. The van der Waals surface area contributed by atoms with Crippen LogP contribution in [0.25, 0.3) is 102 Å². The molecule has 248 valence electrons. The number of nitrogens with zero attached hydrogens (tertiary/aromatic N) is 4. The van der Waals surface area contributed by atoms with Gasteiger partial charge in [0.25, 0.3) is 0 Å². The average Bonchev–Trinajstić information content (AvgIpc) is 3.95. The Hall–Kier alpha value is -6.47. The summed E-state index contributed by atoms with van der Waals surface area (Å²) < 4.78 is 4.75. The molecule has 0 saturated heterocycles. The Balaban J connectivity index is 1.01. The maximum absolute atomic E-state index is 5.07. The minimum absolute atomic E-state index is 0.975. The summed E-state index contributed by atoms with van der Waals surface area (Å²) >= 11 is 3.47. The van der Waals surface area contributed by atoms with Gasteiger partial charge in [0.15, 0.2) is 0 Å². The van der Waals surface area contributed by atoms with Gasteiger partial charge in [-0.3, -0.25) is 4.98 Å². The molecule has 0 saturated carbocycles. The molecule has 0 aliphatic heterocycles. The van der Waals surface area contributed by atoms with Gasteiger partial charge < -0.3 is 4.57 Å². The fraction of sp³-hybridized carbons (Fsp3) is 0. The molecular weight excluding hydrogens is 685 g/mol. The van der Waals surface area contributed by atoms with Crippen LogP contribution in [0.2, 0.25) is 0 Å². The van der Waals surface area contributed by atoms with E-state index in [1.165, 1.54) is 31.3 Å². The second-order valence-electron chi connectivity index (χ2n) is 13.3. The van der Waals surface area contributed by atoms with E-state index in [0.29, 0.717) is 0 Å². The molecule has 0 unspecified atom stereocenters. The molecule has 4 nitrogen and oxygen atoms in total. The van der Waals surface area contributed by atoms with E-state index in [1.54, 1.807) is 22.7 Å². The summed E-state index contributed by atoms with van der Waals surface area (Å²) in [7, 11) is 0. The molecule has 0 N–H and O–H groups in total. The van der Waals surface area contributed by atoms with Crippen molar-refractivity contribution >= 4 is 75.8 Å². The molecular formula is C47H28N4S2. The van der Waals surface area contributed by atoms with Crippen molar-refractivity contribution in [1.29, 1.82) is 0 Å². The Labute approximate surface area is 312 Å². The van der Waals surface area contributed by atoms with E-state index in [2.05, 4.69) is 156 Å². The lowest BCUT2D eigenvalue weighted by Crippen LogP contribution is -1.93. The third-order valence-electron chi connectivity index (χ3n) is 10.1. The van der Waals surface area contributed by atoms with E-state index < -0.39 is 0 Å². The van der Waals surface area contributed by atoms with Gasteiger partial charge in [-0.2, -0.15) is 0 Å². The fourth-order valence-electron chi connectivity index (χ4n) is 7.51. The van der Waals surface area contributed by atoms with Crippen LogP contribution in [0.5, 0.6) is 0 Å². The van der Waals surface area contributed by atoms with Crippen molar-refractivity contribution < 1.29 is 0 Å². The van der Waals surface area contributed by atoms with Crippen molar-refractivity contribution in [2.75, 3.05) is 0 Å². The first-order valence-electron chi connectivity index (χ1n) is 17.6. The summed E-state index contributed by atoms with van der Waals surface area (Å²) in [5.41, 5.74) is 13.3. The van der Waals surface area contributed by atoms with Crippen LogP contribution >= 0.6 is 22.7 Å². The highest BCUT2D eigenvalue weighted by molar-refractivity contribution is 7.22. The van der Waals surface area contributed by atoms with Crippen molar-refractivity contribution in [2.45, 2.75) is 0 Å². The number of pyridine rings is 1. The Morgan fingerprint density at radius 2 is 0.925 bits per heavy atom. The van der Waals surface area contributed by atoms with Crippen LogP contribution in [-0.4, -0.2) is 19.5 Å². The molecule has 53 heavy (non-hydrogen) atoms. The Kier molecular flexibility index (Phi) is 6.87. The molecule has 6 heteroatoms. The first kappa shape index (κ1) is 30.2. The van der Waals surface area contributed by atoms with Crippen LogP contribution in [0.15, 0.2) is 170 Å². The highest BCUT2D eigenvalue weighted by Crippen LogP contribution is 2.40. The molecule has 11 rings (SSSR count). The van der Waals surface area contributed by atoms with Gasteiger partial charge in [0, 0.05) is 33.0 Å². The number of para-hydroxylation sites is 3. The molecule has 0 spiro atoms. The van der Waals surface area contributed by atoms with Gasteiger partial charge in [-0.05, 0) is 76.9 Å². The lowest BCUT2D eigenvalue weighted by molar-refractivity contribution is 1.17. The third kappa shape index (κ3) is 5.06. The fourth-order valence-corrected chi connectivity index (χ4v) is 9.46. The van der Waals surface area contributed by atoms with Crippen LogP contribution in [0.1, 0.15) is 0 Å². The molecule has 11 aromatic rings. The zero-order valence-corrected chi connectivity index (χ0v) is 29.9. The second-order valence-corrected chi connectivity index (χ2v) is 15.3. The molecule has 7 aromatic carbocycles. The predicted octanol–water partition coefficient (Wildman–Crippen LogP) is 13.2. The molecule has 0 atom stereocenters. The second kappa shape index (κ2) is 12.1. The Morgan fingerprint density at radius 1 is 0.396 bits per heavy atom. The first-order valence-corrected chi connectivity index (χ1v) is 19.2. The Morgan fingerprint density at radius 3 is 1.55 bits per heavy atom. The summed E-state index contributed by atoms with van der Waals surface area (Å²) in [6.45, 7) is 0. The molecule has 0 amide bonds. The number of thiazole rings is 2. The zero-order valence-electron chi connectivity index (χ0n) is 28.3. The molecule has 0 radical (unpaired) electrons. The number of hydrogen-bond donors (Lipinski definition) is 0. The van der Waals surface area contributed by atoms with Crippen molar-refractivity contribution in [3.8, 4) is 49.1 Å². The maximum Gasteiger partial charge on any atom is 0.124 e. The quantitative estimate of drug-likeness (QED) is 0.178. The summed E-state index contributed by atoms with van der Waals surface area (Å²) in [6, 6.07) is 58.3. The largest absolute Gasteiger partial charge is 0.308 e. The number of hydrogen-bond acceptors (Lipinski definition) is 5. The zero-order chi connectivity index (χ0) is 34.9. The van der Waals surface area contributed by atoms with E-state index in [-0.39, 0.29) is 0 Å². The van der Waals surface area contributed by atoms with E-state index in [1.807, 2.05) is 18.3 Å². The van der Waals surface area contributed by atoms with Gasteiger partial charge in [-0.25, -0.2) is 9.97 Å². The van der Waals surface area contributed by atoms with Crippen LogP contribution < -0.4 is 0 Å². The van der Waals surface area contributed by atoms with Crippen molar-refractivity contribution in [3.05, 3.63) is 170 Å². The molecule has 4 aromatic heterocycles. The summed E-state index contributed by atoms with van der Waals surface area (Å²) in [6.07, 6.45) is 2.04. The summed E-state index contributed by atoms with van der Waals surface area (Å²) in [5, 5.41) is 5.64. The van der Waals surface area contributed by atoms with Gasteiger partial charge in [0.05, 0.1) is 43.2 Å². The van der Waals surface area contributed by atoms with E-state index in [9.17, 15) is 0 Å². The minimum atomic E-state index is 0.975. The minimum Gasteiger partial charge on any atom is -0.308 e. The number of fused-ring (bicyclic) bond motifs is 7. The molecule has 0 aliphatic rings. The van der Waals surface area contributed by atoms with Gasteiger partial charge in [0.2, 0.25) is 0 Å². The van der Waals surface area contributed by atoms with Crippen LogP contribution in [0, 0.1) is 0 Å². The molecule has 0 aliphatic carbocycles. The van der Waals surface area contributed by atoms with E-state index in [0.717, 1.165) is 70.9 Å². The van der Waals surface area contributed by atoms with Crippen LogP contribution in [0.3, 0.4) is 0 Å². The first-order chi connectivity index (χ1) is 26.2. The predicted molar refractivity (Wildman–Crippen MR) is 224 cm³/mol. The van der Waals surface area contributed by atoms with Gasteiger partial charge in [-0.1, -0.05) is 109 Å². The molecule has 0 bridgehead atoms. The van der Waals surface area contributed by atoms with Crippen LogP contribution in [0.4, 0.5) is 0 Å². The lowest BCUT2D eigenvalue weighted by Gasteiger charge is -2.09. The number of rotatable bonds is 5. The van der Waals surface area contributed by atoms with Gasteiger partial charge in [-0.15, -0.1) is 22.7 Å². The van der Waals surface area contributed by atoms with Gasteiger partial charge in [0.1, 0.15) is 10.0 Å². The highest BCUT2D eigenvalue weighted by Gasteiger charge is 2.17. The summed E-state index contributed by atoms with van der Waals surface area (Å²) in [5.74, 6) is 0.